The number of rotatable bonds is 12. The molecule has 0 bridgehead atoms. The average Bonchev–Trinajstić information content (AvgIpc) is 3.61. The molecule has 2 aliphatic carbocycles. The van der Waals surface area contributed by atoms with E-state index in [9.17, 15) is 19.5 Å². The summed E-state index contributed by atoms with van der Waals surface area (Å²) in [4.78, 5) is 35.8. The number of carboxylic acid groups (broad SMARTS) is 1. The lowest BCUT2D eigenvalue weighted by Gasteiger charge is -2.16. The van der Waals surface area contributed by atoms with Gasteiger partial charge in [-0.25, -0.2) is 9.59 Å². The number of carboxylic acids is 1. The third kappa shape index (κ3) is 6.62. The molecule has 7 heteroatoms. The standard InChI is InChI=1S/C28H34N2O5/c1-18(10-13-26(31)30-25(27(32)33)16-19-11-12-19)14-15-29-28(34)35-17-24-22-8-4-2-6-20(22)21-7-3-5-9-23(21)24/h2-9,18-19,24-25H,10-17H2,1H3,(H,29,34)(H,30,31)(H,32,33). The molecule has 35 heavy (non-hydrogen) atoms. The predicted molar refractivity (Wildman–Crippen MR) is 133 cm³/mol. The van der Waals surface area contributed by atoms with Crippen molar-refractivity contribution in [2.75, 3.05) is 13.2 Å². The van der Waals surface area contributed by atoms with Crippen LogP contribution in [0.3, 0.4) is 0 Å². The monoisotopic (exact) mass is 478 g/mol. The summed E-state index contributed by atoms with van der Waals surface area (Å²) in [5.74, 6) is -0.527. The number of benzene rings is 2. The lowest BCUT2D eigenvalue weighted by Crippen LogP contribution is -2.41. The highest BCUT2D eigenvalue weighted by Crippen LogP contribution is 2.44. The van der Waals surface area contributed by atoms with Gasteiger partial charge in [-0.1, -0.05) is 68.3 Å². The highest BCUT2D eigenvalue weighted by Gasteiger charge is 2.30. The number of carbonyl (C=O) groups excluding carboxylic acids is 2. The maximum absolute atomic E-state index is 12.3. The topological polar surface area (TPSA) is 105 Å². The molecule has 186 valence electrons. The van der Waals surface area contributed by atoms with Gasteiger partial charge in [-0.05, 0) is 53.4 Å². The Morgan fingerprint density at radius 2 is 1.63 bits per heavy atom. The number of fused-ring (bicyclic) bond motifs is 3. The van der Waals surface area contributed by atoms with Gasteiger partial charge >= 0.3 is 12.1 Å². The van der Waals surface area contributed by atoms with Crippen molar-refractivity contribution in [1.82, 2.24) is 10.6 Å². The van der Waals surface area contributed by atoms with E-state index in [1.807, 2.05) is 31.2 Å². The molecule has 2 aromatic carbocycles. The van der Waals surface area contributed by atoms with Crippen LogP contribution in [0.5, 0.6) is 0 Å². The van der Waals surface area contributed by atoms with E-state index in [0.29, 0.717) is 31.7 Å². The Bertz CT molecular complexity index is 1020. The maximum Gasteiger partial charge on any atom is 0.407 e. The van der Waals surface area contributed by atoms with E-state index in [0.717, 1.165) is 12.8 Å². The van der Waals surface area contributed by atoms with Crippen LogP contribution in [0.15, 0.2) is 48.5 Å². The Morgan fingerprint density at radius 1 is 1.00 bits per heavy atom. The average molecular weight is 479 g/mol. The van der Waals surface area contributed by atoms with Gasteiger partial charge in [0.25, 0.3) is 0 Å². The van der Waals surface area contributed by atoms with Crippen molar-refractivity contribution in [2.45, 2.75) is 57.4 Å². The van der Waals surface area contributed by atoms with Crippen molar-refractivity contribution < 1.29 is 24.2 Å². The molecule has 2 aromatic rings. The summed E-state index contributed by atoms with van der Waals surface area (Å²) in [6.07, 6.45) is 3.79. The lowest BCUT2D eigenvalue weighted by atomic mass is 9.98. The molecule has 0 saturated heterocycles. The molecule has 1 fully saturated rings. The summed E-state index contributed by atoms with van der Waals surface area (Å²) >= 11 is 0. The second-order valence-electron chi connectivity index (χ2n) is 9.82. The van der Waals surface area contributed by atoms with Crippen molar-refractivity contribution in [2.24, 2.45) is 11.8 Å². The number of hydrogen-bond donors (Lipinski definition) is 3. The molecule has 0 aromatic heterocycles. The molecule has 0 heterocycles. The van der Waals surface area contributed by atoms with Crippen molar-refractivity contribution in [3.05, 3.63) is 59.7 Å². The molecule has 4 rings (SSSR count). The minimum Gasteiger partial charge on any atom is -0.480 e. The first-order valence-corrected chi connectivity index (χ1v) is 12.5. The van der Waals surface area contributed by atoms with Crippen LogP contribution < -0.4 is 10.6 Å². The van der Waals surface area contributed by atoms with Gasteiger partial charge in [0.1, 0.15) is 12.6 Å². The molecule has 0 radical (unpaired) electrons. The number of hydrogen-bond acceptors (Lipinski definition) is 4. The van der Waals surface area contributed by atoms with Gasteiger partial charge < -0.3 is 20.5 Å². The number of amides is 2. The molecule has 2 atom stereocenters. The van der Waals surface area contributed by atoms with Crippen molar-refractivity contribution in [3.63, 3.8) is 0 Å². The van der Waals surface area contributed by atoms with Crippen LogP contribution in [-0.4, -0.2) is 42.3 Å². The van der Waals surface area contributed by atoms with Crippen LogP contribution in [0.4, 0.5) is 4.79 Å². The van der Waals surface area contributed by atoms with E-state index < -0.39 is 18.1 Å². The van der Waals surface area contributed by atoms with Gasteiger partial charge in [0.05, 0.1) is 0 Å². The molecular formula is C28H34N2O5. The number of aliphatic carboxylic acids is 1. The largest absolute Gasteiger partial charge is 0.480 e. The molecule has 2 amide bonds. The second-order valence-corrected chi connectivity index (χ2v) is 9.82. The quantitative estimate of drug-likeness (QED) is 0.410. The number of carbonyl (C=O) groups is 3. The molecule has 0 aliphatic heterocycles. The van der Waals surface area contributed by atoms with E-state index >= 15 is 0 Å². The number of alkyl carbamates (subject to hydrolysis) is 1. The first kappa shape index (κ1) is 24.8. The van der Waals surface area contributed by atoms with Crippen molar-refractivity contribution in [3.8, 4) is 11.1 Å². The Labute approximate surface area is 206 Å². The zero-order valence-corrected chi connectivity index (χ0v) is 20.2. The Morgan fingerprint density at radius 3 is 2.23 bits per heavy atom. The van der Waals surface area contributed by atoms with Crippen LogP contribution in [0, 0.1) is 11.8 Å². The van der Waals surface area contributed by atoms with Crippen LogP contribution in [-0.2, 0) is 14.3 Å². The summed E-state index contributed by atoms with van der Waals surface area (Å²) in [5.41, 5.74) is 4.74. The maximum atomic E-state index is 12.3. The zero-order valence-electron chi connectivity index (χ0n) is 20.2. The van der Waals surface area contributed by atoms with E-state index in [1.54, 1.807) is 0 Å². The molecule has 7 nitrogen and oxygen atoms in total. The fourth-order valence-corrected chi connectivity index (χ4v) is 4.77. The van der Waals surface area contributed by atoms with Gasteiger partial charge in [-0.3, -0.25) is 4.79 Å². The fourth-order valence-electron chi connectivity index (χ4n) is 4.77. The highest BCUT2D eigenvalue weighted by atomic mass is 16.5. The SMILES string of the molecule is CC(CCNC(=O)OCC1c2ccccc2-c2ccccc21)CCC(=O)NC(CC1CC1)C(=O)O. The summed E-state index contributed by atoms with van der Waals surface area (Å²) in [6.45, 7) is 2.76. The van der Waals surface area contributed by atoms with Crippen LogP contribution in [0.1, 0.15) is 62.5 Å². The van der Waals surface area contributed by atoms with E-state index in [1.165, 1.54) is 22.3 Å². The molecule has 1 saturated carbocycles. The van der Waals surface area contributed by atoms with Crippen molar-refractivity contribution >= 4 is 18.0 Å². The molecule has 2 unspecified atom stereocenters. The van der Waals surface area contributed by atoms with Crippen LogP contribution in [0.2, 0.25) is 0 Å². The van der Waals surface area contributed by atoms with Gasteiger partial charge in [-0.2, -0.15) is 0 Å². The summed E-state index contributed by atoms with van der Waals surface area (Å²) in [6, 6.07) is 15.6. The number of ether oxygens (including phenoxy) is 1. The smallest absolute Gasteiger partial charge is 0.407 e. The van der Waals surface area contributed by atoms with Gasteiger partial charge in [-0.15, -0.1) is 0 Å². The van der Waals surface area contributed by atoms with E-state index in [4.69, 9.17) is 4.74 Å². The van der Waals surface area contributed by atoms with E-state index in [2.05, 4.69) is 34.9 Å². The Kier molecular flexibility index (Phi) is 8.06. The first-order valence-electron chi connectivity index (χ1n) is 12.5. The Hall–Kier alpha value is -3.35. The minimum atomic E-state index is -0.967. The molecule has 2 aliphatic rings. The third-order valence-electron chi connectivity index (χ3n) is 7.01. The molecule has 3 N–H and O–H groups in total. The first-order chi connectivity index (χ1) is 16.9. The number of nitrogens with one attached hydrogen (secondary N) is 2. The normalized spacial score (nSPS) is 16.0. The summed E-state index contributed by atoms with van der Waals surface area (Å²) in [5, 5.41) is 14.7. The van der Waals surface area contributed by atoms with Gasteiger partial charge in [0.15, 0.2) is 0 Å². The summed E-state index contributed by atoms with van der Waals surface area (Å²) < 4.78 is 5.55. The summed E-state index contributed by atoms with van der Waals surface area (Å²) in [7, 11) is 0. The van der Waals surface area contributed by atoms with Gasteiger partial charge in [0, 0.05) is 18.9 Å². The molecule has 0 spiro atoms. The van der Waals surface area contributed by atoms with Crippen molar-refractivity contribution in [1.29, 1.82) is 0 Å². The minimum absolute atomic E-state index is 0.0279. The second kappa shape index (κ2) is 11.4. The lowest BCUT2D eigenvalue weighted by molar-refractivity contribution is -0.142. The zero-order chi connectivity index (χ0) is 24.8. The van der Waals surface area contributed by atoms with Crippen LogP contribution in [0.25, 0.3) is 11.1 Å². The highest BCUT2D eigenvalue weighted by molar-refractivity contribution is 5.83. The third-order valence-corrected chi connectivity index (χ3v) is 7.01. The Balaban J connectivity index is 1.15. The molecular weight excluding hydrogens is 444 g/mol. The van der Waals surface area contributed by atoms with Gasteiger partial charge in [0.2, 0.25) is 5.91 Å². The van der Waals surface area contributed by atoms with Crippen LogP contribution >= 0.6 is 0 Å². The predicted octanol–water partition coefficient (Wildman–Crippen LogP) is 4.70. The van der Waals surface area contributed by atoms with E-state index in [-0.39, 0.29) is 30.8 Å². The fraction of sp³-hybridized carbons (Fsp3) is 0.464.